The summed E-state index contributed by atoms with van der Waals surface area (Å²) >= 11 is 3.01. The first-order valence-corrected chi connectivity index (χ1v) is 11.1. The highest BCUT2D eigenvalue weighted by Crippen LogP contribution is 2.26. The van der Waals surface area contributed by atoms with Crippen LogP contribution in [0.3, 0.4) is 0 Å². The number of methoxy groups -OCH3 is 1. The number of amides is 2. The predicted octanol–water partition coefficient (Wildman–Crippen LogP) is 3.29. The average molecular weight is 445 g/mol. The summed E-state index contributed by atoms with van der Waals surface area (Å²) < 4.78 is 4.67. The lowest BCUT2D eigenvalue weighted by atomic mass is 10.1. The molecular formula is C20H20N4O4S2. The van der Waals surface area contributed by atoms with Gasteiger partial charge in [-0.25, -0.2) is 9.78 Å². The zero-order valence-electron chi connectivity index (χ0n) is 16.3. The zero-order chi connectivity index (χ0) is 21.1. The number of hydrogen-bond donors (Lipinski definition) is 2. The molecule has 0 bridgehead atoms. The summed E-state index contributed by atoms with van der Waals surface area (Å²) in [6.07, 6.45) is 2.81. The molecule has 30 heavy (non-hydrogen) atoms. The number of hydrogen-bond acceptors (Lipinski definition) is 7. The maximum Gasteiger partial charge on any atom is 0.354 e. The van der Waals surface area contributed by atoms with Crippen LogP contribution in [0.15, 0.2) is 29.1 Å². The number of thiophene rings is 1. The summed E-state index contributed by atoms with van der Waals surface area (Å²) in [6, 6.07) is 3.70. The number of aromatic amines is 1. The van der Waals surface area contributed by atoms with Crippen LogP contribution in [0.2, 0.25) is 0 Å². The SMILES string of the molecule is COC(=O)c1cc(-c2csc(NC(=O)CCC(=O)N3CCc4sccc4C3)n2)c[nH]1. The Morgan fingerprint density at radius 3 is 3.00 bits per heavy atom. The summed E-state index contributed by atoms with van der Waals surface area (Å²) in [5.41, 5.74) is 2.90. The molecule has 0 spiro atoms. The van der Waals surface area contributed by atoms with Crippen molar-refractivity contribution >= 4 is 45.6 Å². The van der Waals surface area contributed by atoms with E-state index >= 15 is 0 Å². The molecule has 2 amide bonds. The molecule has 1 aliphatic rings. The van der Waals surface area contributed by atoms with Crippen molar-refractivity contribution in [3.63, 3.8) is 0 Å². The van der Waals surface area contributed by atoms with Gasteiger partial charge in [-0.05, 0) is 29.5 Å². The molecule has 2 N–H and O–H groups in total. The molecule has 0 atom stereocenters. The molecule has 8 nitrogen and oxygen atoms in total. The van der Waals surface area contributed by atoms with E-state index in [-0.39, 0.29) is 24.7 Å². The van der Waals surface area contributed by atoms with Crippen LogP contribution in [0, 0.1) is 0 Å². The Balaban J connectivity index is 1.28. The number of anilines is 1. The van der Waals surface area contributed by atoms with Crippen LogP contribution in [-0.4, -0.2) is 46.3 Å². The van der Waals surface area contributed by atoms with Gasteiger partial charge in [-0.1, -0.05) is 0 Å². The van der Waals surface area contributed by atoms with Crippen LogP contribution >= 0.6 is 22.7 Å². The van der Waals surface area contributed by atoms with Gasteiger partial charge in [0.15, 0.2) is 5.13 Å². The second kappa shape index (κ2) is 8.80. The lowest BCUT2D eigenvalue weighted by Gasteiger charge is -2.27. The van der Waals surface area contributed by atoms with Crippen molar-refractivity contribution in [3.8, 4) is 11.3 Å². The van der Waals surface area contributed by atoms with E-state index in [9.17, 15) is 14.4 Å². The molecule has 0 fully saturated rings. The van der Waals surface area contributed by atoms with Gasteiger partial charge in [-0.2, -0.15) is 0 Å². The highest BCUT2D eigenvalue weighted by Gasteiger charge is 2.22. The van der Waals surface area contributed by atoms with Crippen molar-refractivity contribution in [1.82, 2.24) is 14.9 Å². The Morgan fingerprint density at radius 2 is 2.17 bits per heavy atom. The van der Waals surface area contributed by atoms with E-state index in [0.717, 1.165) is 12.0 Å². The van der Waals surface area contributed by atoms with Crippen molar-refractivity contribution in [2.75, 3.05) is 19.0 Å². The van der Waals surface area contributed by atoms with Crippen molar-refractivity contribution in [3.05, 3.63) is 45.2 Å². The molecule has 0 saturated heterocycles. The largest absolute Gasteiger partial charge is 0.464 e. The zero-order valence-corrected chi connectivity index (χ0v) is 17.9. The van der Waals surface area contributed by atoms with Gasteiger partial charge in [0.05, 0.1) is 12.8 Å². The number of aromatic nitrogens is 2. The standard InChI is InChI=1S/C20H20N4O4S2/c1-28-19(27)14-8-13(9-21-14)15-11-30-20(22-15)23-17(25)2-3-18(26)24-6-4-16-12(10-24)5-7-29-16/h5,7-9,11,21H,2-4,6,10H2,1H3,(H,22,23,25). The van der Waals surface area contributed by atoms with Gasteiger partial charge in [-0.15, -0.1) is 22.7 Å². The van der Waals surface area contributed by atoms with E-state index in [1.807, 2.05) is 4.90 Å². The molecule has 3 aromatic rings. The number of fused-ring (bicyclic) bond motifs is 1. The first kappa shape index (κ1) is 20.3. The summed E-state index contributed by atoms with van der Waals surface area (Å²) in [7, 11) is 1.31. The van der Waals surface area contributed by atoms with Crippen LogP contribution in [-0.2, 0) is 27.3 Å². The highest BCUT2D eigenvalue weighted by atomic mass is 32.1. The number of thiazole rings is 1. The molecule has 0 unspecified atom stereocenters. The Kier molecular flexibility index (Phi) is 5.96. The van der Waals surface area contributed by atoms with Gasteiger partial charge in [0, 0.05) is 47.9 Å². The lowest BCUT2D eigenvalue weighted by Crippen LogP contribution is -2.35. The minimum atomic E-state index is -0.460. The van der Waals surface area contributed by atoms with Gasteiger partial charge in [0.2, 0.25) is 11.8 Å². The third-order valence-electron chi connectivity index (χ3n) is 4.86. The van der Waals surface area contributed by atoms with Gasteiger partial charge in [-0.3, -0.25) is 9.59 Å². The Labute approximate surface area is 180 Å². The minimum absolute atomic E-state index is 0.00973. The molecule has 4 heterocycles. The summed E-state index contributed by atoms with van der Waals surface area (Å²) in [5.74, 6) is -0.718. The molecule has 3 aromatic heterocycles. The number of nitrogens with zero attached hydrogens (tertiary/aromatic N) is 2. The van der Waals surface area contributed by atoms with Gasteiger partial charge in [0.25, 0.3) is 0 Å². The van der Waals surface area contributed by atoms with E-state index in [2.05, 4.69) is 31.5 Å². The number of esters is 1. The van der Waals surface area contributed by atoms with Crippen LogP contribution < -0.4 is 5.32 Å². The molecule has 0 aliphatic carbocycles. The third kappa shape index (κ3) is 4.44. The lowest BCUT2D eigenvalue weighted by molar-refractivity contribution is -0.133. The van der Waals surface area contributed by atoms with Gasteiger partial charge < -0.3 is 19.9 Å². The van der Waals surface area contributed by atoms with Crippen molar-refractivity contribution < 1.29 is 19.1 Å². The third-order valence-corrected chi connectivity index (χ3v) is 6.64. The molecule has 4 rings (SSSR count). The van der Waals surface area contributed by atoms with Crippen molar-refractivity contribution in [2.45, 2.75) is 25.8 Å². The van der Waals surface area contributed by atoms with E-state index < -0.39 is 5.97 Å². The molecule has 156 valence electrons. The van der Waals surface area contributed by atoms with Gasteiger partial charge in [0.1, 0.15) is 5.69 Å². The van der Waals surface area contributed by atoms with E-state index in [1.165, 1.54) is 28.9 Å². The van der Waals surface area contributed by atoms with Crippen molar-refractivity contribution in [1.29, 1.82) is 0 Å². The molecule has 0 aromatic carbocycles. The quantitative estimate of drug-likeness (QED) is 0.568. The average Bonchev–Trinajstić information content (AvgIpc) is 3.50. The molecule has 0 radical (unpaired) electrons. The fourth-order valence-corrected chi connectivity index (χ4v) is 4.88. The van der Waals surface area contributed by atoms with E-state index in [4.69, 9.17) is 0 Å². The van der Waals surface area contributed by atoms with E-state index in [1.54, 1.807) is 29.0 Å². The number of carbonyl (C=O) groups excluding carboxylic acids is 3. The van der Waals surface area contributed by atoms with Crippen LogP contribution in [0.5, 0.6) is 0 Å². The monoisotopic (exact) mass is 444 g/mol. The minimum Gasteiger partial charge on any atom is -0.464 e. The summed E-state index contributed by atoms with van der Waals surface area (Å²) in [5, 5.41) is 7.03. The predicted molar refractivity (Wildman–Crippen MR) is 115 cm³/mol. The number of H-pyrrole nitrogens is 1. The first-order valence-electron chi connectivity index (χ1n) is 9.39. The number of carbonyl (C=O) groups is 3. The van der Waals surface area contributed by atoms with Crippen LogP contribution in [0.4, 0.5) is 5.13 Å². The number of rotatable bonds is 6. The summed E-state index contributed by atoms with van der Waals surface area (Å²) in [6.45, 7) is 1.33. The highest BCUT2D eigenvalue weighted by molar-refractivity contribution is 7.14. The maximum atomic E-state index is 12.5. The molecular weight excluding hydrogens is 424 g/mol. The Hall–Kier alpha value is -2.98. The molecule has 1 aliphatic heterocycles. The fourth-order valence-electron chi connectivity index (χ4n) is 3.26. The summed E-state index contributed by atoms with van der Waals surface area (Å²) in [4.78, 5) is 46.6. The van der Waals surface area contributed by atoms with Crippen LogP contribution in [0.1, 0.15) is 33.8 Å². The Morgan fingerprint density at radius 1 is 1.30 bits per heavy atom. The topological polar surface area (TPSA) is 104 Å². The Bertz CT molecular complexity index is 1080. The van der Waals surface area contributed by atoms with Crippen LogP contribution in [0.25, 0.3) is 11.3 Å². The molecule has 10 heteroatoms. The smallest absolute Gasteiger partial charge is 0.354 e. The fraction of sp³-hybridized carbons (Fsp3) is 0.300. The first-order chi connectivity index (χ1) is 14.5. The van der Waals surface area contributed by atoms with E-state index in [0.29, 0.717) is 29.6 Å². The normalized spacial score (nSPS) is 13.0. The van der Waals surface area contributed by atoms with Crippen molar-refractivity contribution in [2.24, 2.45) is 0 Å². The maximum absolute atomic E-state index is 12.5. The number of ether oxygens (including phenoxy) is 1. The second-order valence-corrected chi connectivity index (χ2v) is 8.67. The molecule has 0 saturated carbocycles. The second-order valence-electron chi connectivity index (χ2n) is 6.81. The van der Waals surface area contributed by atoms with Gasteiger partial charge >= 0.3 is 5.97 Å². The number of nitrogens with one attached hydrogen (secondary N) is 2.